The Morgan fingerprint density at radius 3 is 2.87 bits per heavy atom. The van der Waals surface area contributed by atoms with E-state index in [1.54, 1.807) is 28.7 Å². The van der Waals surface area contributed by atoms with E-state index in [4.69, 9.17) is 0 Å². The Labute approximate surface area is 97.6 Å². The molecule has 2 aromatic heterocycles. The lowest BCUT2D eigenvalue weighted by molar-refractivity contribution is 0.447. The third kappa shape index (κ3) is 1.96. The van der Waals surface area contributed by atoms with Gasteiger partial charge in [0.25, 0.3) is 5.56 Å². The molecule has 0 aliphatic rings. The van der Waals surface area contributed by atoms with Crippen molar-refractivity contribution in [2.24, 2.45) is 0 Å². The van der Waals surface area contributed by atoms with Crippen molar-refractivity contribution in [3.63, 3.8) is 0 Å². The van der Waals surface area contributed by atoms with Crippen LogP contribution in [0, 0.1) is 3.57 Å². The van der Waals surface area contributed by atoms with Crippen molar-refractivity contribution >= 4 is 22.6 Å². The fourth-order valence-corrected chi connectivity index (χ4v) is 1.25. The first-order valence-electron chi connectivity index (χ1n) is 3.93. The SMILES string of the molecule is O=c1[nH]c(-c2ccncn2)nc(O)c1I. The molecule has 15 heavy (non-hydrogen) atoms. The van der Waals surface area contributed by atoms with Crippen LogP contribution in [0.1, 0.15) is 0 Å². The summed E-state index contributed by atoms with van der Waals surface area (Å²) in [5.74, 6) is -0.0757. The molecule has 2 aromatic rings. The number of aromatic nitrogens is 4. The minimum absolute atomic E-state index is 0.158. The highest BCUT2D eigenvalue weighted by Gasteiger charge is 2.09. The van der Waals surface area contributed by atoms with Gasteiger partial charge in [0, 0.05) is 6.20 Å². The van der Waals surface area contributed by atoms with E-state index in [9.17, 15) is 9.90 Å². The van der Waals surface area contributed by atoms with Gasteiger partial charge in [0.1, 0.15) is 15.6 Å². The zero-order valence-electron chi connectivity index (χ0n) is 7.31. The summed E-state index contributed by atoms with van der Waals surface area (Å²) in [5.41, 5.74) is 0.0607. The van der Waals surface area contributed by atoms with Gasteiger partial charge in [0.2, 0.25) is 5.88 Å². The maximum Gasteiger partial charge on any atom is 0.268 e. The fourth-order valence-electron chi connectivity index (χ4n) is 0.999. The van der Waals surface area contributed by atoms with E-state index in [1.807, 2.05) is 0 Å². The van der Waals surface area contributed by atoms with Gasteiger partial charge in [-0.15, -0.1) is 0 Å². The molecule has 0 aromatic carbocycles. The van der Waals surface area contributed by atoms with E-state index in [0.717, 1.165) is 0 Å². The molecule has 0 radical (unpaired) electrons. The summed E-state index contributed by atoms with van der Waals surface area (Å²) >= 11 is 1.72. The standard InChI is InChI=1S/C8H5IN4O2/c9-5-7(14)12-6(13-8(5)15)4-1-2-10-3-11-4/h1-3H,(H2,12,13,14,15). The molecule has 2 rings (SSSR count). The predicted octanol–water partition coefficient (Wildman–Crippen LogP) is 0.537. The maximum absolute atomic E-state index is 11.3. The van der Waals surface area contributed by atoms with Gasteiger partial charge < -0.3 is 10.1 Å². The molecule has 0 aliphatic carbocycles. The lowest BCUT2D eigenvalue weighted by Gasteiger charge is -2.00. The van der Waals surface area contributed by atoms with Crippen molar-refractivity contribution in [1.82, 2.24) is 19.9 Å². The molecule has 6 nitrogen and oxygen atoms in total. The Balaban J connectivity index is 2.61. The average Bonchev–Trinajstić information content (AvgIpc) is 2.26. The van der Waals surface area contributed by atoms with Gasteiger partial charge in [-0.05, 0) is 28.7 Å². The molecule has 0 saturated heterocycles. The van der Waals surface area contributed by atoms with Crippen molar-refractivity contribution < 1.29 is 5.11 Å². The molecule has 0 unspecified atom stereocenters. The minimum Gasteiger partial charge on any atom is -0.492 e. The lowest BCUT2D eigenvalue weighted by atomic mass is 10.4. The maximum atomic E-state index is 11.3. The van der Waals surface area contributed by atoms with Crippen molar-refractivity contribution in [3.8, 4) is 17.4 Å². The van der Waals surface area contributed by atoms with Gasteiger partial charge >= 0.3 is 0 Å². The summed E-state index contributed by atoms with van der Waals surface area (Å²) in [6, 6.07) is 1.59. The van der Waals surface area contributed by atoms with Crippen LogP contribution in [0.25, 0.3) is 11.5 Å². The molecule has 0 bridgehead atoms. The van der Waals surface area contributed by atoms with E-state index in [-0.39, 0.29) is 15.3 Å². The van der Waals surface area contributed by atoms with Gasteiger partial charge in [-0.1, -0.05) is 0 Å². The molecular weight excluding hydrogens is 311 g/mol. The molecule has 0 atom stereocenters. The quantitative estimate of drug-likeness (QED) is 0.749. The van der Waals surface area contributed by atoms with Crippen LogP contribution in [0.5, 0.6) is 5.88 Å². The lowest BCUT2D eigenvalue weighted by Crippen LogP contribution is -2.12. The molecular formula is C8H5IN4O2. The number of aromatic hydroxyl groups is 1. The third-order valence-corrected chi connectivity index (χ3v) is 2.64. The van der Waals surface area contributed by atoms with E-state index in [0.29, 0.717) is 5.69 Å². The Hall–Kier alpha value is -1.51. The first kappa shape index (κ1) is 10.0. The van der Waals surface area contributed by atoms with Crippen LogP contribution < -0.4 is 5.56 Å². The largest absolute Gasteiger partial charge is 0.492 e. The van der Waals surface area contributed by atoms with Gasteiger partial charge in [0.05, 0.1) is 0 Å². The second-order valence-electron chi connectivity index (χ2n) is 2.65. The third-order valence-electron chi connectivity index (χ3n) is 1.67. The van der Waals surface area contributed by atoms with Crippen molar-refractivity contribution in [2.45, 2.75) is 0 Å². The zero-order chi connectivity index (χ0) is 10.8. The second-order valence-corrected chi connectivity index (χ2v) is 3.73. The number of nitrogens with one attached hydrogen (secondary N) is 1. The van der Waals surface area contributed by atoms with E-state index >= 15 is 0 Å². The van der Waals surface area contributed by atoms with Crippen molar-refractivity contribution in [3.05, 3.63) is 32.5 Å². The smallest absolute Gasteiger partial charge is 0.268 e. The summed E-state index contributed by atoms with van der Waals surface area (Å²) in [6.07, 6.45) is 2.86. The van der Waals surface area contributed by atoms with Gasteiger partial charge in [-0.25, -0.2) is 9.97 Å². The van der Waals surface area contributed by atoms with Crippen molar-refractivity contribution in [1.29, 1.82) is 0 Å². The molecule has 2 N–H and O–H groups in total. The van der Waals surface area contributed by atoms with Crippen LogP contribution in [-0.4, -0.2) is 25.0 Å². The molecule has 0 saturated carbocycles. The fraction of sp³-hybridized carbons (Fsp3) is 0. The van der Waals surface area contributed by atoms with Crippen LogP contribution in [0.15, 0.2) is 23.4 Å². The first-order chi connectivity index (χ1) is 7.18. The van der Waals surface area contributed by atoms with E-state index in [1.165, 1.54) is 12.5 Å². The van der Waals surface area contributed by atoms with Gasteiger partial charge in [-0.2, -0.15) is 4.98 Å². The molecule has 0 spiro atoms. The second kappa shape index (κ2) is 3.93. The highest BCUT2D eigenvalue weighted by molar-refractivity contribution is 14.1. The number of aromatic amines is 1. The number of halogens is 1. The number of rotatable bonds is 1. The summed E-state index contributed by atoms with van der Waals surface area (Å²) in [5, 5.41) is 9.36. The van der Waals surface area contributed by atoms with Crippen LogP contribution in [0.3, 0.4) is 0 Å². The first-order valence-corrected chi connectivity index (χ1v) is 5.01. The highest BCUT2D eigenvalue weighted by atomic mass is 127. The predicted molar refractivity (Wildman–Crippen MR) is 60.3 cm³/mol. The minimum atomic E-state index is -0.392. The average molecular weight is 316 g/mol. The van der Waals surface area contributed by atoms with Crippen LogP contribution in [0.2, 0.25) is 0 Å². The molecule has 0 aliphatic heterocycles. The summed E-state index contributed by atoms with van der Waals surface area (Å²) in [6.45, 7) is 0. The Kier molecular flexibility index (Phi) is 2.62. The molecule has 7 heteroatoms. The highest BCUT2D eigenvalue weighted by Crippen LogP contribution is 2.15. The normalized spacial score (nSPS) is 10.2. The van der Waals surface area contributed by atoms with Crippen LogP contribution >= 0.6 is 22.6 Å². The molecule has 0 fully saturated rings. The molecule has 0 amide bonds. The Morgan fingerprint density at radius 2 is 2.27 bits per heavy atom. The van der Waals surface area contributed by atoms with Gasteiger partial charge in [0.15, 0.2) is 5.82 Å². The summed E-state index contributed by atoms with van der Waals surface area (Å²) in [4.78, 5) is 25.3. The number of hydrogen-bond acceptors (Lipinski definition) is 5. The van der Waals surface area contributed by atoms with E-state index in [2.05, 4.69) is 19.9 Å². The molecule has 2 heterocycles. The zero-order valence-corrected chi connectivity index (χ0v) is 9.46. The summed E-state index contributed by atoms with van der Waals surface area (Å²) < 4.78 is 0.158. The van der Waals surface area contributed by atoms with Crippen molar-refractivity contribution in [2.75, 3.05) is 0 Å². The van der Waals surface area contributed by atoms with Crippen LogP contribution in [-0.2, 0) is 0 Å². The van der Waals surface area contributed by atoms with Gasteiger partial charge in [-0.3, -0.25) is 4.79 Å². The Bertz CT molecular complexity index is 540. The number of H-pyrrole nitrogens is 1. The Morgan fingerprint density at radius 1 is 1.47 bits per heavy atom. The monoisotopic (exact) mass is 316 g/mol. The van der Waals surface area contributed by atoms with E-state index < -0.39 is 5.56 Å². The summed E-state index contributed by atoms with van der Waals surface area (Å²) in [7, 11) is 0. The number of hydrogen-bond donors (Lipinski definition) is 2. The number of nitrogens with zero attached hydrogens (tertiary/aromatic N) is 3. The molecule has 76 valence electrons. The topological polar surface area (TPSA) is 91.8 Å². The van der Waals surface area contributed by atoms with Crippen LogP contribution in [0.4, 0.5) is 0 Å².